The van der Waals surface area contributed by atoms with Gasteiger partial charge in [0.1, 0.15) is 0 Å². The molecule has 0 saturated heterocycles. The first-order valence-electron chi connectivity index (χ1n) is 6.90. The summed E-state index contributed by atoms with van der Waals surface area (Å²) in [6, 6.07) is 6.72. The summed E-state index contributed by atoms with van der Waals surface area (Å²) >= 11 is 6.12. The zero-order chi connectivity index (χ0) is 17.3. The van der Waals surface area contributed by atoms with Crippen molar-refractivity contribution < 1.29 is 13.2 Å². The van der Waals surface area contributed by atoms with Crippen LogP contribution < -0.4 is 4.72 Å². The number of aryl methyl sites for hydroxylation is 1. The van der Waals surface area contributed by atoms with Crippen molar-refractivity contribution in [3.8, 4) is 0 Å². The van der Waals surface area contributed by atoms with Crippen molar-refractivity contribution in [2.75, 3.05) is 11.8 Å². The average molecular weight is 368 g/mol. The number of hydrogen-bond donors (Lipinski definition) is 1. The van der Waals surface area contributed by atoms with Crippen LogP contribution in [0, 0.1) is 6.92 Å². The van der Waals surface area contributed by atoms with Gasteiger partial charge in [-0.1, -0.05) is 23.7 Å². The molecule has 0 radical (unpaired) electrons. The maximum atomic E-state index is 12.6. The number of hydrogen-bond acceptors (Lipinski definition) is 6. The highest BCUT2D eigenvalue weighted by Gasteiger charge is 2.23. The van der Waals surface area contributed by atoms with Crippen LogP contribution in [-0.4, -0.2) is 35.1 Å². The van der Waals surface area contributed by atoms with Gasteiger partial charge in [-0.2, -0.15) is 13.4 Å². The van der Waals surface area contributed by atoms with E-state index in [1.165, 1.54) is 11.6 Å². The fourth-order valence-corrected chi connectivity index (χ4v) is 3.39. The highest BCUT2D eigenvalue weighted by atomic mass is 35.5. The molecule has 0 spiro atoms. The van der Waals surface area contributed by atoms with E-state index >= 15 is 0 Å². The molecule has 8 nitrogen and oxygen atoms in total. The normalized spacial score (nSPS) is 11.8. The lowest BCUT2D eigenvalue weighted by Crippen LogP contribution is -2.16. The minimum Gasteiger partial charge on any atom is -0.380 e. The molecule has 1 N–H and O–H groups in total. The lowest BCUT2D eigenvalue weighted by atomic mass is 10.2. The van der Waals surface area contributed by atoms with Crippen LogP contribution in [0.2, 0.25) is 5.02 Å². The maximum absolute atomic E-state index is 12.6. The molecular weight excluding hydrogens is 354 g/mol. The number of para-hydroxylation sites is 1. The van der Waals surface area contributed by atoms with Gasteiger partial charge in [0.2, 0.25) is 0 Å². The van der Waals surface area contributed by atoms with Crippen LogP contribution in [0.3, 0.4) is 0 Å². The molecule has 0 unspecified atom stereocenters. The molecular formula is C14H14ClN5O3S. The number of aromatic nitrogens is 4. The van der Waals surface area contributed by atoms with Gasteiger partial charge in [-0.15, -0.1) is 5.10 Å². The minimum atomic E-state index is -4.02. The quantitative estimate of drug-likeness (QED) is 0.740. The summed E-state index contributed by atoms with van der Waals surface area (Å²) in [5.41, 5.74) is 1.55. The van der Waals surface area contributed by atoms with Crippen molar-refractivity contribution in [2.24, 2.45) is 0 Å². The van der Waals surface area contributed by atoms with Crippen LogP contribution in [0.4, 0.5) is 5.69 Å². The van der Waals surface area contributed by atoms with E-state index in [0.29, 0.717) is 11.3 Å². The van der Waals surface area contributed by atoms with Gasteiger partial charge in [-0.05, 0) is 19.1 Å². The molecule has 0 aliphatic rings. The fourth-order valence-electron chi connectivity index (χ4n) is 2.10. The smallest absolute Gasteiger partial charge is 0.299 e. The van der Waals surface area contributed by atoms with Crippen LogP contribution in [-0.2, 0) is 21.4 Å². The molecule has 0 aliphatic heterocycles. The summed E-state index contributed by atoms with van der Waals surface area (Å²) in [4.78, 5) is 8.10. The monoisotopic (exact) mass is 367 g/mol. The first-order valence-corrected chi connectivity index (χ1v) is 8.76. The molecule has 0 aliphatic carbocycles. The van der Waals surface area contributed by atoms with Crippen LogP contribution >= 0.6 is 11.6 Å². The van der Waals surface area contributed by atoms with Gasteiger partial charge in [-0.25, -0.2) is 9.50 Å². The number of ether oxygens (including phenoxy) is 1. The number of methoxy groups -OCH3 is 1. The zero-order valence-electron chi connectivity index (χ0n) is 12.9. The number of nitrogens with zero attached hydrogens (tertiary/aromatic N) is 4. The Morgan fingerprint density at radius 2 is 2.08 bits per heavy atom. The Morgan fingerprint density at radius 1 is 1.29 bits per heavy atom. The number of sulfonamides is 1. The first kappa shape index (κ1) is 16.6. The molecule has 2 heterocycles. The Hall–Kier alpha value is -2.23. The lowest BCUT2D eigenvalue weighted by molar-refractivity contribution is 0.185. The van der Waals surface area contributed by atoms with Gasteiger partial charge < -0.3 is 4.74 Å². The number of benzene rings is 1. The molecule has 24 heavy (non-hydrogen) atoms. The van der Waals surface area contributed by atoms with E-state index in [1.807, 2.05) is 0 Å². The number of anilines is 1. The minimum absolute atomic E-state index is 0.201. The number of halogens is 1. The summed E-state index contributed by atoms with van der Waals surface area (Å²) in [5.74, 6) is 0.201. The van der Waals surface area contributed by atoms with E-state index < -0.39 is 10.0 Å². The van der Waals surface area contributed by atoms with Crippen molar-refractivity contribution in [1.29, 1.82) is 0 Å². The lowest BCUT2D eigenvalue weighted by Gasteiger charge is -2.12. The topological polar surface area (TPSA) is 98.5 Å². The second kappa shape index (κ2) is 6.34. The third kappa shape index (κ3) is 3.18. The van der Waals surface area contributed by atoms with Gasteiger partial charge in [0.15, 0.2) is 0 Å². The van der Waals surface area contributed by atoms with E-state index in [1.54, 1.807) is 37.4 Å². The summed E-state index contributed by atoms with van der Waals surface area (Å²) in [6.45, 7) is 1.99. The third-order valence-corrected chi connectivity index (χ3v) is 4.65. The second-order valence-electron chi connectivity index (χ2n) is 5.02. The molecule has 126 valence electrons. The summed E-state index contributed by atoms with van der Waals surface area (Å²) in [6.07, 6.45) is 1.59. The Bertz CT molecular complexity index is 1000. The van der Waals surface area contributed by atoms with Gasteiger partial charge in [0, 0.05) is 24.6 Å². The van der Waals surface area contributed by atoms with Crippen molar-refractivity contribution in [2.45, 2.75) is 18.7 Å². The standard InChI is InChI=1S/C14H14ClN5O3S/c1-9-6-7-20-13(16-9)17-14(18-20)24(21,22)19-12-10(8-23-2)4-3-5-11(12)15/h3-7,19H,8H2,1-2H3. The third-order valence-electron chi connectivity index (χ3n) is 3.20. The average Bonchev–Trinajstić information content (AvgIpc) is 2.95. The van der Waals surface area contributed by atoms with Crippen LogP contribution in [0.1, 0.15) is 11.3 Å². The maximum Gasteiger partial charge on any atom is 0.299 e. The predicted molar refractivity (Wildman–Crippen MR) is 88.5 cm³/mol. The van der Waals surface area contributed by atoms with E-state index in [0.717, 1.165) is 0 Å². The number of fused-ring (bicyclic) bond motifs is 1. The van der Waals surface area contributed by atoms with Crippen LogP contribution in [0.5, 0.6) is 0 Å². The number of nitrogens with one attached hydrogen (secondary N) is 1. The van der Waals surface area contributed by atoms with Crippen LogP contribution in [0.15, 0.2) is 35.6 Å². The Kier molecular flexibility index (Phi) is 4.39. The predicted octanol–water partition coefficient (Wildman–Crippen LogP) is 2.03. The van der Waals surface area contributed by atoms with Crippen molar-refractivity contribution in [3.05, 3.63) is 46.7 Å². The number of rotatable bonds is 5. The van der Waals surface area contributed by atoms with Crippen molar-refractivity contribution in [3.63, 3.8) is 0 Å². The molecule has 0 saturated carbocycles. The SMILES string of the molecule is COCc1cccc(Cl)c1NS(=O)(=O)c1nc2nc(C)ccn2n1. The molecule has 0 atom stereocenters. The second-order valence-corrected chi connectivity index (χ2v) is 7.00. The van der Waals surface area contributed by atoms with Gasteiger partial charge in [0.25, 0.3) is 21.0 Å². The highest BCUT2D eigenvalue weighted by Crippen LogP contribution is 2.28. The van der Waals surface area contributed by atoms with Crippen LogP contribution in [0.25, 0.3) is 5.78 Å². The van der Waals surface area contributed by atoms with Gasteiger partial charge in [-0.3, -0.25) is 4.72 Å². The molecule has 3 aromatic rings. The van der Waals surface area contributed by atoms with E-state index in [4.69, 9.17) is 16.3 Å². The first-order chi connectivity index (χ1) is 11.4. The molecule has 3 rings (SSSR count). The Labute approximate surface area is 143 Å². The molecule has 2 aromatic heterocycles. The van der Waals surface area contributed by atoms with E-state index in [9.17, 15) is 8.42 Å². The van der Waals surface area contributed by atoms with Crippen molar-refractivity contribution in [1.82, 2.24) is 19.6 Å². The van der Waals surface area contributed by atoms with Gasteiger partial charge in [0.05, 0.1) is 17.3 Å². The summed E-state index contributed by atoms with van der Waals surface area (Å²) < 4.78 is 34.0. The van der Waals surface area contributed by atoms with Crippen molar-refractivity contribution >= 4 is 33.1 Å². The highest BCUT2D eigenvalue weighted by molar-refractivity contribution is 7.92. The molecule has 10 heteroatoms. The zero-order valence-corrected chi connectivity index (χ0v) is 14.5. The van der Waals surface area contributed by atoms with E-state index in [2.05, 4.69) is 19.8 Å². The van der Waals surface area contributed by atoms with Gasteiger partial charge >= 0.3 is 0 Å². The Morgan fingerprint density at radius 3 is 2.83 bits per heavy atom. The molecule has 0 fully saturated rings. The largest absolute Gasteiger partial charge is 0.380 e. The Balaban J connectivity index is 2.02. The molecule has 1 aromatic carbocycles. The summed E-state index contributed by atoms with van der Waals surface area (Å²) in [5, 5.41) is 3.82. The van der Waals surface area contributed by atoms with E-state index in [-0.39, 0.29) is 28.3 Å². The molecule has 0 amide bonds. The molecule has 0 bridgehead atoms. The fraction of sp³-hybridized carbons (Fsp3) is 0.214. The summed E-state index contributed by atoms with van der Waals surface area (Å²) in [7, 11) is -2.51.